The zero-order chi connectivity index (χ0) is 21.8. The molecule has 0 saturated carbocycles. The molecule has 3 aromatic rings. The summed E-state index contributed by atoms with van der Waals surface area (Å²) in [6.07, 6.45) is 7.85. The van der Waals surface area contributed by atoms with Crippen LogP contribution in [0, 0.1) is 0 Å². The summed E-state index contributed by atoms with van der Waals surface area (Å²) in [6.45, 7) is 2.20. The number of benzene rings is 3. The SMILES string of the molecule is CCCCCC/C(=C\c1ccccc1)CP(=O)(Oc1ccccc1)Oc1ccccc1. The second-order valence-corrected chi connectivity index (χ2v) is 9.50. The summed E-state index contributed by atoms with van der Waals surface area (Å²) in [4.78, 5) is 0. The third-order valence-electron chi connectivity index (χ3n) is 4.89. The summed E-state index contributed by atoms with van der Waals surface area (Å²) < 4.78 is 25.9. The molecule has 0 spiro atoms. The summed E-state index contributed by atoms with van der Waals surface area (Å²) in [7, 11) is -3.48. The summed E-state index contributed by atoms with van der Waals surface area (Å²) >= 11 is 0. The van der Waals surface area contributed by atoms with Gasteiger partial charge in [0.15, 0.2) is 0 Å². The maximum absolute atomic E-state index is 14.0. The van der Waals surface area contributed by atoms with Crippen LogP contribution in [0.2, 0.25) is 0 Å². The van der Waals surface area contributed by atoms with Crippen LogP contribution in [-0.4, -0.2) is 6.16 Å². The molecule has 0 bridgehead atoms. The highest BCUT2D eigenvalue weighted by Crippen LogP contribution is 2.50. The van der Waals surface area contributed by atoms with Gasteiger partial charge in [0, 0.05) is 0 Å². The Morgan fingerprint density at radius 2 is 1.26 bits per heavy atom. The van der Waals surface area contributed by atoms with Gasteiger partial charge in [-0.15, -0.1) is 0 Å². The van der Waals surface area contributed by atoms with Crippen molar-refractivity contribution in [1.29, 1.82) is 0 Å². The molecule has 0 radical (unpaired) electrons. The molecule has 3 aromatic carbocycles. The number of unbranched alkanes of at least 4 members (excludes halogenated alkanes) is 3. The Bertz CT molecular complexity index is 924. The molecule has 4 heteroatoms. The highest BCUT2D eigenvalue weighted by molar-refractivity contribution is 7.55. The van der Waals surface area contributed by atoms with Gasteiger partial charge in [-0.3, -0.25) is 0 Å². The summed E-state index contributed by atoms with van der Waals surface area (Å²) in [5, 5.41) is 0. The second-order valence-electron chi connectivity index (χ2n) is 7.60. The van der Waals surface area contributed by atoms with E-state index in [-0.39, 0.29) is 6.16 Å². The summed E-state index contributed by atoms with van der Waals surface area (Å²) in [5.74, 6) is 1.10. The average Bonchev–Trinajstić information content (AvgIpc) is 2.78. The zero-order valence-electron chi connectivity index (χ0n) is 18.2. The number of hydrogen-bond donors (Lipinski definition) is 0. The van der Waals surface area contributed by atoms with Crippen molar-refractivity contribution in [2.45, 2.75) is 39.0 Å². The molecular weight excluding hydrogens is 403 g/mol. The largest absolute Gasteiger partial charge is 0.434 e. The lowest BCUT2D eigenvalue weighted by atomic mass is 10.0. The molecular formula is C27H31O3P. The van der Waals surface area contributed by atoms with Crippen molar-refractivity contribution in [3.63, 3.8) is 0 Å². The van der Waals surface area contributed by atoms with Gasteiger partial charge >= 0.3 is 7.60 Å². The van der Waals surface area contributed by atoms with Gasteiger partial charge in [0.2, 0.25) is 0 Å². The second kappa shape index (κ2) is 12.2. The molecule has 0 aliphatic heterocycles. The maximum atomic E-state index is 14.0. The molecule has 0 N–H and O–H groups in total. The number of rotatable bonds is 12. The number of allylic oxidation sites excluding steroid dienone is 1. The van der Waals surface area contributed by atoms with Gasteiger partial charge in [-0.1, -0.05) is 105 Å². The van der Waals surface area contributed by atoms with Crippen molar-refractivity contribution in [3.8, 4) is 11.5 Å². The van der Waals surface area contributed by atoms with Crippen molar-refractivity contribution in [3.05, 3.63) is 102 Å². The van der Waals surface area contributed by atoms with E-state index < -0.39 is 7.60 Å². The monoisotopic (exact) mass is 434 g/mol. The molecule has 0 unspecified atom stereocenters. The predicted molar refractivity (Wildman–Crippen MR) is 130 cm³/mol. The lowest BCUT2D eigenvalue weighted by molar-refractivity contribution is 0.388. The summed E-state index contributed by atoms with van der Waals surface area (Å²) in [6, 6.07) is 28.7. The molecule has 0 aliphatic carbocycles. The van der Waals surface area contributed by atoms with Crippen LogP contribution < -0.4 is 9.05 Å². The third kappa shape index (κ3) is 8.11. The molecule has 0 fully saturated rings. The van der Waals surface area contributed by atoms with E-state index in [1.54, 1.807) is 0 Å². The van der Waals surface area contributed by atoms with E-state index in [9.17, 15) is 4.57 Å². The number of hydrogen-bond acceptors (Lipinski definition) is 3. The van der Waals surface area contributed by atoms with Crippen molar-refractivity contribution >= 4 is 13.7 Å². The average molecular weight is 435 g/mol. The minimum Gasteiger partial charge on any atom is -0.416 e. The van der Waals surface area contributed by atoms with E-state index >= 15 is 0 Å². The van der Waals surface area contributed by atoms with Crippen LogP contribution in [-0.2, 0) is 4.57 Å². The molecule has 0 aliphatic rings. The molecule has 162 valence electrons. The topological polar surface area (TPSA) is 35.5 Å². The first kappa shape index (κ1) is 22.9. The lowest BCUT2D eigenvalue weighted by Gasteiger charge is -2.21. The third-order valence-corrected chi connectivity index (χ3v) is 6.67. The van der Waals surface area contributed by atoms with E-state index in [1.165, 1.54) is 12.8 Å². The first-order valence-corrected chi connectivity index (χ1v) is 12.7. The first-order chi connectivity index (χ1) is 15.2. The minimum atomic E-state index is -3.48. The van der Waals surface area contributed by atoms with Crippen molar-refractivity contribution in [1.82, 2.24) is 0 Å². The molecule has 0 saturated heterocycles. The summed E-state index contributed by atoms with van der Waals surface area (Å²) in [5.41, 5.74) is 2.18. The standard InChI is InChI=1S/C27H31O3P/c1-2-3-4-8-17-25(22-24-15-9-5-10-16-24)23-31(28,29-26-18-11-6-12-19-26)30-27-20-13-7-14-21-27/h5-7,9-16,18-22H,2-4,8,17,23H2,1H3/b25-22+. The predicted octanol–water partition coefficient (Wildman–Crippen LogP) is 8.39. The maximum Gasteiger partial charge on any atom is 0.434 e. The first-order valence-electron chi connectivity index (χ1n) is 11.0. The Balaban J connectivity index is 1.86. The Morgan fingerprint density at radius 3 is 1.77 bits per heavy atom. The van der Waals surface area contributed by atoms with E-state index in [2.05, 4.69) is 25.1 Å². The van der Waals surface area contributed by atoms with Gasteiger partial charge in [0.1, 0.15) is 11.5 Å². The molecule has 31 heavy (non-hydrogen) atoms. The Hall–Kier alpha value is -2.77. The zero-order valence-corrected chi connectivity index (χ0v) is 19.0. The van der Waals surface area contributed by atoms with Gasteiger partial charge in [-0.2, -0.15) is 0 Å². The van der Waals surface area contributed by atoms with Crippen molar-refractivity contribution < 1.29 is 13.6 Å². The van der Waals surface area contributed by atoms with Crippen molar-refractivity contribution in [2.24, 2.45) is 0 Å². The quantitative estimate of drug-likeness (QED) is 0.212. The smallest absolute Gasteiger partial charge is 0.416 e. The van der Waals surface area contributed by atoms with Crippen LogP contribution in [0.3, 0.4) is 0 Å². The normalized spacial score (nSPS) is 11.8. The van der Waals surface area contributed by atoms with Crippen LogP contribution in [0.5, 0.6) is 11.5 Å². The fourth-order valence-electron chi connectivity index (χ4n) is 3.38. The van der Waals surface area contributed by atoms with E-state index in [1.807, 2.05) is 78.9 Å². The van der Waals surface area contributed by atoms with Crippen molar-refractivity contribution in [2.75, 3.05) is 6.16 Å². The Kier molecular flexibility index (Phi) is 8.99. The fourth-order valence-corrected chi connectivity index (χ4v) is 5.18. The van der Waals surface area contributed by atoms with Gasteiger partial charge in [-0.25, -0.2) is 4.57 Å². The molecule has 3 rings (SSSR count). The number of para-hydroxylation sites is 2. The Morgan fingerprint density at radius 1 is 0.742 bits per heavy atom. The van der Waals surface area contributed by atoms with Crippen LogP contribution >= 0.6 is 7.60 Å². The highest BCUT2D eigenvalue weighted by atomic mass is 31.2. The molecule has 0 aromatic heterocycles. The van der Waals surface area contributed by atoms with Crippen LogP contribution in [0.25, 0.3) is 6.08 Å². The van der Waals surface area contributed by atoms with E-state index in [0.29, 0.717) is 11.5 Å². The highest BCUT2D eigenvalue weighted by Gasteiger charge is 2.30. The van der Waals surface area contributed by atoms with Gasteiger partial charge in [0.05, 0.1) is 6.16 Å². The van der Waals surface area contributed by atoms with Crippen LogP contribution in [0.15, 0.2) is 96.6 Å². The van der Waals surface area contributed by atoms with Crippen LogP contribution in [0.4, 0.5) is 0 Å². The molecule has 0 heterocycles. The van der Waals surface area contributed by atoms with E-state index in [4.69, 9.17) is 9.05 Å². The minimum absolute atomic E-state index is 0.248. The Labute approximate surface area is 186 Å². The van der Waals surface area contributed by atoms with Crippen LogP contribution in [0.1, 0.15) is 44.6 Å². The fraction of sp³-hybridized carbons (Fsp3) is 0.259. The lowest BCUT2D eigenvalue weighted by Crippen LogP contribution is -2.07. The van der Waals surface area contributed by atoms with Gasteiger partial charge in [0.25, 0.3) is 0 Å². The molecule has 0 amide bonds. The van der Waals surface area contributed by atoms with Gasteiger partial charge < -0.3 is 9.05 Å². The molecule has 3 nitrogen and oxygen atoms in total. The van der Waals surface area contributed by atoms with E-state index in [0.717, 1.165) is 30.4 Å². The van der Waals surface area contributed by atoms with Gasteiger partial charge in [-0.05, 0) is 42.7 Å². The molecule has 0 atom stereocenters.